The number of benzene rings is 1. The molecule has 3 heterocycles. The Hall–Kier alpha value is -3.11. The molecule has 4 rings (SSSR count). The molecule has 2 aliphatic heterocycles. The lowest BCUT2D eigenvalue weighted by atomic mass is 10.1. The summed E-state index contributed by atoms with van der Waals surface area (Å²) in [5.74, 6) is -0.141. The zero-order chi connectivity index (χ0) is 22.0. The molecule has 1 aromatic carbocycles. The number of nitrogen functional groups attached to an aromatic ring is 1. The lowest BCUT2D eigenvalue weighted by molar-refractivity contribution is 0.0510. The molecule has 3 N–H and O–H groups in total. The van der Waals surface area contributed by atoms with Crippen LogP contribution in [0.3, 0.4) is 0 Å². The highest BCUT2D eigenvalue weighted by Crippen LogP contribution is 2.34. The molecule has 0 spiro atoms. The Balaban J connectivity index is 1.43. The van der Waals surface area contributed by atoms with Crippen molar-refractivity contribution in [1.82, 2.24) is 14.8 Å². The molecule has 0 saturated carbocycles. The molecule has 2 saturated heterocycles. The summed E-state index contributed by atoms with van der Waals surface area (Å²) >= 11 is 6.20. The number of nitrogens with zero attached hydrogens (tertiary/aromatic N) is 3. The Labute approximate surface area is 182 Å². The second kappa shape index (κ2) is 8.94. The van der Waals surface area contributed by atoms with E-state index in [1.165, 1.54) is 18.3 Å². The first-order valence-corrected chi connectivity index (χ1v) is 10.2. The smallest absolute Gasteiger partial charge is 0.330 e. The summed E-state index contributed by atoms with van der Waals surface area (Å²) in [7, 11) is 0. The average Bonchev–Trinajstić information content (AvgIpc) is 3.14. The largest absolute Gasteiger partial charge is 0.455 e. The van der Waals surface area contributed by atoms with Crippen LogP contribution in [0, 0.1) is 5.82 Å². The van der Waals surface area contributed by atoms with E-state index in [4.69, 9.17) is 26.8 Å². The van der Waals surface area contributed by atoms with Gasteiger partial charge in [0.2, 0.25) is 0 Å². The molecule has 2 aromatic rings. The summed E-state index contributed by atoms with van der Waals surface area (Å²) in [6.07, 6.45) is 2.91. The number of hydrogen-bond donors (Lipinski definition) is 2. The van der Waals surface area contributed by atoms with Gasteiger partial charge in [-0.25, -0.2) is 23.9 Å². The highest BCUT2D eigenvalue weighted by molar-refractivity contribution is 6.32. The lowest BCUT2D eigenvalue weighted by Crippen LogP contribution is -2.44. The molecule has 31 heavy (non-hydrogen) atoms. The zero-order valence-electron chi connectivity index (χ0n) is 16.5. The number of nitrogens with two attached hydrogens (primary N) is 1. The van der Waals surface area contributed by atoms with Gasteiger partial charge in [-0.2, -0.15) is 0 Å². The first-order valence-electron chi connectivity index (χ1n) is 9.77. The van der Waals surface area contributed by atoms with Gasteiger partial charge >= 0.3 is 12.1 Å². The second-order valence-corrected chi connectivity index (χ2v) is 7.59. The van der Waals surface area contributed by atoms with Crippen LogP contribution in [0.25, 0.3) is 0 Å². The van der Waals surface area contributed by atoms with Gasteiger partial charge in [-0.15, -0.1) is 0 Å². The number of halogens is 2. The maximum absolute atomic E-state index is 14.6. The molecule has 2 fully saturated rings. The van der Waals surface area contributed by atoms with E-state index in [0.29, 0.717) is 25.5 Å². The van der Waals surface area contributed by atoms with Gasteiger partial charge in [0.25, 0.3) is 0 Å². The van der Waals surface area contributed by atoms with Crippen molar-refractivity contribution in [2.45, 2.75) is 18.9 Å². The minimum Gasteiger partial charge on any atom is -0.455 e. The van der Waals surface area contributed by atoms with E-state index in [0.717, 1.165) is 23.8 Å². The topological polar surface area (TPSA) is 110 Å². The third-order valence-corrected chi connectivity index (χ3v) is 5.46. The Bertz CT molecular complexity index is 1000. The number of carbonyl (C=O) groups is 2. The Morgan fingerprint density at radius 1 is 1.29 bits per heavy atom. The normalized spacial score (nSPS) is 17.2. The Kier molecular flexibility index (Phi) is 6.10. The van der Waals surface area contributed by atoms with Gasteiger partial charge in [0, 0.05) is 50.7 Å². The van der Waals surface area contributed by atoms with Crippen LogP contribution in [-0.2, 0) is 4.74 Å². The minimum atomic E-state index is -0.761. The fraction of sp³-hybridized carbons (Fsp3) is 0.350. The number of amides is 4. The third-order valence-electron chi connectivity index (χ3n) is 5.16. The van der Waals surface area contributed by atoms with E-state index in [1.807, 2.05) is 0 Å². The standard InChI is InChI=1S/C20H21ClFN5O4/c21-14-10-16(15(22)11-17(14)31-13-1-4-24-18(23)9-13)25-19(28)27-6-5-26(20(27)29)12-2-7-30-8-3-12/h1,4,9-12H,2-3,5-8H2,(H2,23,24)(H,25,28). The Morgan fingerprint density at radius 2 is 2.06 bits per heavy atom. The van der Waals surface area contributed by atoms with Gasteiger partial charge in [0.1, 0.15) is 17.3 Å². The molecule has 9 nitrogen and oxygen atoms in total. The zero-order valence-corrected chi connectivity index (χ0v) is 17.3. The maximum atomic E-state index is 14.6. The SMILES string of the molecule is Nc1cc(Oc2cc(F)c(NC(=O)N3CCN(C4CCOCC4)C3=O)cc2Cl)ccn1. The van der Waals surface area contributed by atoms with E-state index in [-0.39, 0.29) is 34.9 Å². The maximum Gasteiger partial charge on any atom is 0.330 e. The molecule has 0 aliphatic carbocycles. The number of hydrogen-bond acceptors (Lipinski definition) is 6. The van der Waals surface area contributed by atoms with Crippen molar-refractivity contribution in [3.05, 3.63) is 41.3 Å². The van der Waals surface area contributed by atoms with Crippen molar-refractivity contribution in [3.8, 4) is 11.5 Å². The summed E-state index contributed by atoms with van der Waals surface area (Å²) in [5, 5.41) is 2.49. The van der Waals surface area contributed by atoms with E-state index >= 15 is 0 Å². The van der Waals surface area contributed by atoms with Gasteiger partial charge in [-0.3, -0.25) is 0 Å². The summed E-state index contributed by atoms with van der Waals surface area (Å²) in [6, 6.07) is 4.22. The number of imide groups is 1. The van der Waals surface area contributed by atoms with E-state index < -0.39 is 17.9 Å². The molecule has 0 atom stereocenters. The van der Waals surface area contributed by atoms with Crippen molar-refractivity contribution in [2.75, 3.05) is 37.4 Å². The summed E-state index contributed by atoms with van der Waals surface area (Å²) in [4.78, 5) is 31.9. The van der Waals surface area contributed by atoms with E-state index in [1.54, 1.807) is 11.0 Å². The Morgan fingerprint density at radius 3 is 2.81 bits per heavy atom. The van der Waals surface area contributed by atoms with Gasteiger partial charge in [0.05, 0.1) is 10.7 Å². The third kappa shape index (κ3) is 4.64. The van der Waals surface area contributed by atoms with Gasteiger partial charge in [-0.05, 0) is 25.0 Å². The number of nitrogens with one attached hydrogen (secondary N) is 1. The number of urea groups is 2. The van der Waals surface area contributed by atoms with E-state index in [2.05, 4.69) is 10.3 Å². The van der Waals surface area contributed by atoms with Crippen molar-refractivity contribution < 1.29 is 23.5 Å². The molecule has 0 radical (unpaired) electrons. The number of rotatable bonds is 4. The molecule has 164 valence electrons. The van der Waals surface area contributed by atoms with Crippen LogP contribution in [0.2, 0.25) is 5.02 Å². The number of anilines is 2. The van der Waals surface area contributed by atoms with Crippen molar-refractivity contribution >= 4 is 35.2 Å². The van der Waals surface area contributed by atoms with Crippen molar-refractivity contribution in [1.29, 1.82) is 0 Å². The first-order chi connectivity index (χ1) is 14.9. The quantitative estimate of drug-likeness (QED) is 0.736. The van der Waals surface area contributed by atoms with E-state index in [9.17, 15) is 14.0 Å². The van der Waals surface area contributed by atoms with Crippen LogP contribution in [0.1, 0.15) is 12.8 Å². The molecular weight excluding hydrogens is 429 g/mol. The lowest BCUT2D eigenvalue weighted by Gasteiger charge is -2.30. The molecule has 11 heteroatoms. The molecule has 4 amide bonds. The minimum absolute atomic E-state index is 0.0453. The number of carbonyl (C=O) groups excluding carboxylic acids is 2. The highest BCUT2D eigenvalue weighted by Gasteiger charge is 2.37. The van der Waals surface area contributed by atoms with Crippen LogP contribution in [-0.4, -0.2) is 59.2 Å². The molecular formula is C20H21ClFN5O4. The predicted molar refractivity (Wildman–Crippen MR) is 112 cm³/mol. The van der Waals surface area contributed by atoms with Crippen LogP contribution in [0.5, 0.6) is 11.5 Å². The number of aromatic nitrogens is 1. The monoisotopic (exact) mass is 449 g/mol. The molecule has 1 aromatic heterocycles. The number of ether oxygens (including phenoxy) is 2. The van der Waals surface area contributed by atoms with Crippen LogP contribution >= 0.6 is 11.6 Å². The molecule has 2 aliphatic rings. The van der Waals surface area contributed by atoms with Gasteiger partial charge in [-0.1, -0.05) is 11.6 Å². The fourth-order valence-corrected chi connectivity index (χ4v) is 3.78. The van der Waals surface area contributed by atoms with Crippen molar-refractivity contribution in [2.24, 2.45) is 0 Å². The highest BCUT2D eigenvalue weighted by atomic mass is 35.5. The van der Waals surface area contributed by atoms with Crippen LogP contribution in [0.15, 0.2) is 30.5 Å². The summed E-state index contributed by atoms with van der Waals surface area (Å²) in [5.41, 5.74) is 5.44. The van der Waals surface area contributed by atoms with Crippen LogP contribution < -0.4 is 15.8 Å². The van der Waals surface area contributed by atoms with Gasteiger partial charge in [0.15, 0.2) is 5.82 Å². The van der Waals surface area contributed by atoms with Crippen LogP contribution in [0.4, 0.5) is 25.5 Å². The average molecular weight is 450 g/mol. The predicted octanol–water partition coefficient (Wildman–Crippen LogP) is 3.70. The van der Waals surface area contributed by atoms with Crippen molar-refractivity contribution in [3.63, 3.8) is 0 Å². The molecule has 0 unspecified atom stereocenters. The first kappa shape index (κ1) is 21.1. The number of pyridine rings is 1. The summed E-state index contributed by atoms with van der Waals surface area (Å²) < 4.78 is 25.5. The fourth-order valence-electron chi connectivity index (χ4n) is 3.58. The second-order valence-electron chi connectivity index (χ2n) is 7.18. The molecule has 0 bridgehead atoms. The summed E-state index contributed by atoms with van der Waals surface area (Å²) in [6.45, 7) is 1.83. The van der Waals surface area contributed by atoms with Gasteiger partial charge < -0.3 is 25.4 Å².